The number of amides is 1. The van der Waals surface area contributed by atoms with Crippen molar-refractivity contribution in [1.29, 1.82) is 5.26 Å². The summed E-state index contributed by atoms with van der Waals surface area (Å²) in [6.45, 7) is 3.04. The number of halogens is 1. The number of rotatable bonds is 5. The molecule has 0 unspecified atom stereocenters. The van der Waals surface area contributed by atoms with Crippen molar-refractivity contribution in [1.82, 2.24) is 4.90 Å². The summed E-state index contributed by atoms with van der Waals surface area (Å²) in [5.41, 5.74) is 0.430. The summed E-state index contributed by atoms with van der Waals surface area (Å²) >= 11 is 6.01. The van der Waals surface area contributed by atoms with Crippen molar-refractivity contribution in [3.63, 3.8) is 0 Å². The van der Waals surface area contributed by atoms with Gasteiger partial charge >= 0.3 is 5.97 Å². The first-order chi connectivity index (χ1) is 11.5. The quantitative estimate of drug-likeness (QED) is 0.762. The Morgan fingerprint density at radius 3 is 2.67 bits per heavy atom. The van der Waals surface area contributed by atoms with Crippen molar-refractivity contribution in [3.8, 4) is 11.8 Å². The Labute approximate surface area is 145 Å². The fourth-order valence-electron chi connectivity index (χ4n) is 2.54. The Hall–Kier alpha value is -2.26. The standard InChI is InChI=1S/C17H19ClN2O4/c1-2-23-17(22)13-5-7-20(8-6-13)16(21)11-24-15-4-3-12(10-19)9-14(15)18/h3-4,9,13H,2,5-8,11H2,1H3. The molecule has 1 fully saturated rings. The van der Waals surface area contributed by atoms with Gasteiger partial charge in [-0.3, -0.25) is 9.59 Å². The van der Waals surface area contributed by atoms with E-state index < -0.39 is 0 Å². The van der Waals surface area contributed by atoms with Gasteiger partial charge in [-0.2, -0.15) is 5.26 Å². The van der Waals surface area contributed by atoms with Crippen LogP contribution >= 0.6 is 11.6 Å². The second-order valence-electron chi connectivity index (χ2n) is 5.45. The van der Waals surface area contributed by atoms with Crippen molar-refractivity contribution >= 4 is 23.5 Å². The number of benzene rings is 1. The van der Waals surface area contributed by atoms with Crippen LogP contribution in [0.15, 0.2) is 18.2 Å². The molecular weight excluding hydrogens is 332 g/mol. The molecule has 0 atom stereocenters. The Morgan fingerprint density at radius 1 is 1.38 bits per heavy atom. The van der Waals surface area contributed by atoms with E-state index in [1.807, 2.05) is 6.07 Å². The molecule has 7 heteroatoms. The maximum atomic E-state index is 12.2. The van der Waals surface area contributed by atoms with Crippen molar-refractivity contribution < 1.29 is 19.1 Å². The first kappa shape index (κ1) is 18.1. The zero-order valence-electron chi connectivity index (χ0n) is 13.5. The molecule has 1 aliphatic rings. The number of carbonyl (C=O) groups excluding carboxylic acids is 2. The van der Waals surface area contributed by atoms with Crippen LogP contribution < -0.4 is 4.74 Å². The Morgan fingerprint density at radius 2 is 2.08 bits per heavy atom. The second kappa shape index (κ2) is 8.55. The molecule has 24 heavy (non-hydrogen) atoms. The highest BCUT2D eigenvalue weighted by atomic mass is 35.5. The van der Waals surface area contributed by atoms with Gasteiger partial charge in [0.15, 0.2) is 6.61 Å². The van der Waals surface area contributed by atoms with Crippen LogP contribution in [0.4, 0.5) is 0 Å². The molecule has 0 aromatic heterocycles. The van der Waals surface area contributed by atoms with Crippen molar-refractivity contribution in [2.24, 2.45) is 5.92 Å². The molecule has 1 saturated heterocycles. The minimum Gasteiger partial charge on any atom is -0.482 e. The molecule has 1 aromatic carbocycles. The summed E-state index contributed by atoms with van der Waals surface area (Å²) in [4.78, 5) is 25.6. The summed E-state index contributed by atoms with van der Waals surface area (Å²) in [6.07, 6.45) is 1.20. The van der Waals surface area contributed by atoms with Gasteiger partial charge < -0.3 is 14.4 Å². The van der Waals surface area contributed by atoms with Crippen LogP contribution in [0.1, 0.15) is 25.3 Å². The predicted molar refractivity (Wildman–Crippen MR) is 87.6 cm³/mol. The highest BCUT2D eigenvalue weighted by Crippen LogP contribution is 2.25. The smallest absolute Gasteiger partial charge is 0.309 e. The third-order valence-electron chi connectivity index (χ3n) is 3.88. The van der Waals surface area contributed by atoms with Gasteiger partial charge in [0.1, 0.15) is 5.75 Å². The van der Waals surface area contributed by atoms with Crippen LogP contribution in [0.5, 0.6) is 5.75 Å². The van der Waals surface area contributed by atoms with Crippen LogP contribution in [0.3, 0.4) is 0 Å². The molecule has 0 spiro atoms. The largest absolute Gasteiger partial charge is 0.482 e. The highest BCUT2D eigenvalue weighted by molar-refractivity contribution is 6.32. The van der Waals surface area contributed by atoms with Gasteiger partial charge in [-0.05, 0) is 38.0 Å². The van der Waals surface area contributed by atoms with Gasteiger partial charge in [0.2, 0.25) is 0 Å². The zero-order valence-corrected chi connectivity index (χ0v) is 14.2. The van der Waals surface area contributed by atoms with Gasteiger partial charge in [-0.25, -0.2) is 0 Å². The molecule has 1 aromatic rings. The summed E-state index contributed by atoms with van der Waals surface area (Å²) < 4.78 is 10.4. The van der Waals surface area contributed by atoms with E-state index in [-0.39, 0.29) is 24.4 Å². The van der Waals surface area contributed by atoms with Crippen molar-refractivity contribution in [2.75, 3.05) is 26.3 Å². The number of carbonyl (C=O) groups is 2. The molecular formula is C17H19ClN2O4. The van der Waals surface area contributed by atoms with Gasteiger partial charge in [0.05, 0.1) is 29.2 Å². The predicted octanol–water partition coefficient (Wildman–Crippen LogP) is 2.39. The van der Waals surface area contributed by atoms with E-state index in [1.54, 1.807) is 24.0 Å². The van der Waals surface area contributed by atoms with Crippen LogP contribution in [0.25, 0.3) is 0 Å². The second-order valence-corrected chi connectivity index (χ2v) is 5.86. The van der Waals surface area contributed by atoms with E-state index >= 15 is 0 Å². The lowest BCUT2D eigenvalue weighted by Crippen LogP contribution is -2.42. The number of hydrogen-bond acceptors (Lipinski definition) is 5. The number of piperidine rings is 1. The number of hydrogen-bond donors (Lipinski definition) is 0. The van der Waals surface area contributed by atoms with Crippen LogP contribution in [-0.2, 0) is 14.3 Å². The summed E-state index contributed by atoms with van der Waals surface area (Å²) in [5, 5.41) is 9.09. The van der Waals surface area contributed by atoms with Crippen LogP contribution in [0.2, 0.25) is 5.02 Å². The third-order valence-corrected chi connectivity index (χ3v) is 4.18. The number of ether oxygens (including phenoxy) is 2. The SMILES string of the molecule is CCOC(=O)C1CCN(C(=O)COc2ccc(C#N)cc2Cl)CC1. The van der Waals surface area contributed by atoms with Crippen LogP contribution in [0, 0.1) is 17.2 Å². The van der Waals surface area contributed by atoms with E-state index in [9.17, 15) is 9.59 Å². The fourth-order valence-corrected chi connectivity index (χ4v) is 2.78. The average molecular weight is 351 g/mol. The van der Waals surface area contributed by atoms with E-state index in [4.69, 9.17) is 26.3 Å². The molecule has 6 nitrogen and oxygen atoms in total. The van der Waals surface area contributed by atoms with E-state index in [2.05, 4.69) is 0 Å². The summed E-state index contributed by atoms with van der Waals surface area (Å²) in [7, 11) is 0. The van der Waals surface area contributed by atoms with Gasteiger partial charge in [0, 0.05) is 13.1 Å². The molecule has 0 aliphatic carbocycles. The van der Waals surface area contributed by atoms with Crippen LogP contribution in [-0.4, -0.2) is 43.1 Å². The number of esters is 1. The van der Waals surface area contributed by atoms with E-state index in [0.717, 1.165) is 0 Å². The maximum absolute atomic E-state index is 12.2. The molecule has 128 valence electrons. The third kappa shape index (κ3) is 4.62. The lowest BCUT2D eigenvalue weighted by Gasteiger charge is -2.30. The van der Waals surface area contributed by atoms with Crippen molar-refractivity contribution in [3.05, 3.63) is 28.8 Å². The first-order valence-corrected chi connectivity index (χ1v) is 8.19. The maximum Gasteiger partial charge on any atom is 0.309 e. The minimum atomic E-state index is -0.190. The topological polar surface area (TPSA) is 79.6 Å². The zero-order chi connectivity index (χ0) is 17.5. The van der Waals surface area contributed by atoms with E-state index in [0.29, 0.717) is 48.9 Å². The number of nitrogens with zero attached hydrogens (tertiary/aromatic N) is 2. The Balaban J connectivity index is 1.82. The lowest BCUT2D eigenvalue weighted by molar-refractivity contribution is -0.151. The highest BCUT2D eigenvalue weighted by Gasteiger charge is 2.28. The molecule has 0 bridgehead atoms. The van der Waals surface area contributed by atoms with Crippen molar-refractivity contribution in [2.45, 2.75) is 19.8 Å². The first-order valence-electron chi connectivity index (χ1n) is 7.82. The summed E-state index contributed by atoms with van der Waals surface area (Å²) in [6, 6.07) is 6.62. The fraction of sp³-hybridized carbons (Fsp3) is 0.471. The molecule has 1 amide bonds. The molecule has 2 rings (SSSR count). The molecule has 0 radical (unpaired) electrons. The normalized spacial score (nSPS) is 14.8. The number of nitriles is 1. The molecule has 1 aliphatic heterocycles. The Kier molecular flexibility index (Phi) is 6.44. The number of likely N-dealkylation sites (tertiary alicyclic amines) is 1. The minimum absolute atomic E-state index is 0.129. The average Bonchev–Trinajstić information content (AvgIpc) is 2.60. The Bertz CT molecular complexity index is 648. The molecule has 1 heterocycles. The monoisotopic (exact) mass is 350 g/mol. The molecule has 0 saturated carbocycles. The molecule has 0 N–H and O–H groups in total. The van der Waals surface area contributed by atoms with Gasteiger partial charge in [-0.15, -0.1) is 0 Å². The lowest BCUT2D eigenvalue weighted by atomic mass is 9.97. The van der Waals surface area contributed by atoms with Gasteiger partial charge in [-0.1, -0.05) is 11.6 Å². The summed E-state index contributed by atoms with van der Waals surface area (Å²) in [5.74, 6) is -0.115. The van der Waals surface area contributed by atoms with E-state index in [1.165, 1.54) is 6.07 Å². The van der Waals surface area contributed by atoms with Gasteiger partial charge in [0.25, 0.3) is 5.91 Å².